The predicted molar refractivity (Wildman–Crippen MR) is 62.8 cm³/mol. The van der Waals surface area contributed by atoms with Gasteiger partial charge in [-0.25, -0.2) is 4.98 Å². The normalized spacial score (nSPS) is 15.3. The molecule has 0 aliphatic heterocycles. The van der Waals surface area contributed by atoms with Crippen molar-refractivity contribution in [3.8, 4) is 0 Å². The van der Waals surface area contributed by atoms with E-state index in [1.807, 2.05) is 6.92 Å². The van der Waals surface area contributed by atoms with Crippen LogP contribution in [0.1, 0.15) is 35.1 Å². The number of hydrogen-bond acceptors (Lipinski definition) is 4. The lowest BCUT2D eigenvalue weighted by molar-refractivity contribution is 0.112. The Morgan fingerprint density at radius 2 is 2.33 bits per heavy atom. The standard InChI is InChI=1S/C11H16N2OS/c1-3-13(6-9-4-5-9)11-12-8(2)10(7-14)15-11/h7,9H,3-6H2,1-2H3. The highest BCUT2D eigenvalue weighted by Gasteiger charge is 2.25. The van der Waals surface area contributed by atoms with E-state index in [2.05, 4.69) is 16.8 Å². The second kappa shape index (κ2) is 4.31. The lowest BCUT2D eigenvalue weighted by atomic mass is 10.4. The van der Waals surface area contributed by atoms with E-state index in [9.17, 15) is 4.79 Å². The summed E-state index contributed by atoms with van der Waals surface area (Å²) in [7, 11) is 0. The molecule has 1 aliphatic carbocycles. The van der Waals surface area contributed by atoms with Crippen molar-refractivity contribution in [3.63, 3.8) is 0 Å². The summed E-state index contributed by atoms with van der Waals surface area (Å²) >= 11 is 1.51. The van der Waals surface area contributed by atoms with E-state index in [0.717, 1.165) is 41.0 Å². The Kier molecular flexibility index (Phi) is 3.05. The van der Waals surface area contributed by atoms with Gasteiger partial charge >= 0.3 is 0 Å². The molecule has 0 saturated heterocycles. The first kappa shape index (κ1) is 10.6. The smallest absolute Gasteiger partial charge is 0.186 e. The summed E-state index contributed by atoms with van der Waals surface area (Å²) in [6.07, 6.45) is 3.60. The minimum Gasteiger partial charge on any atom is -0.348 e. The minimum absolute atomic E-state index is 0.763. The van der Waals surface area contributed by atoms with Gasteiger partial charge in [0, 0.05) is 13.1 Å². The van der Waals surface area contributed by atoms with Crippen LogP contribution in [0.5, 0.6) is 0 Å². The Hall–Kier alpha value is -0.900. The van der Waals surface area contributed by atoms with Crippen molar-refractivity contribution in [1.82, 2.24) is 4.98 Å². The van der Waals surface area contributed by atoms with Crippen LogP contribution in [0.3, 0.4) is 0 Å². The molecular weight excluding hydrogens is 208 g/mol. The van der Waals surface area contributed by atoms with Gasteiger partial charge in [-0.1, -0.05) is 11.3 Å². The van der Waals surface area contributed by atoms with Crippen molar-refractivity contribution < 1.29 is 4.79 Å². The van der Waals surface area contributed by atoms with Gasteiger partial charge in [0.1, 0.15) is 0 Å². The first-order valence-corrected chi connectivity index (χ1v) is 6.23. The highest BCUT2D eigenvalue weighted by atomic mass is 32.1. The zero-order valence-electron chi connectivity index (χ0n) is 9.19. The second-order valence-electron chi connectivity index (χ2n) is 4.05. The molecule has 0 spiro atoms. The number of hydrogen-bond donors (Lipinski definition) is 0. The molecule has 1 saturated carbocycles. The molecule has 1 aromatic heterocycles. The van der Waals surface area contributed by atoms with Crippen LogP contribution in [-0.2, 0) is 0 Å². The number of anilines is 1. The van der Waals surface area contributed by atoms with Gasteiger partial charge in [0.05, 0.1) is 10.6 Å². The van der Waals surface area contributed by atoms with Crippen LogP contribution in [0.2, 0.25) is 0 Å². The lowest BCUT2D eigenvalue weighted by Crippen LogP contribution is -2.24. The third-order valence-corrected chi connectivity index (χ3v) is 3.90. The molecule has 0 unspecified atom stereocenters. The van der Waals surface area contributed by atoms with Crippen molar-refractivity contribution in [2.75, 3.05) is 18.0 Å². The van der Waals surface area contributed by atoms with Crippen LogP contribution in [0.4, 0.5) is 5.13 Å². The Labute approximate surface area is 94.1 Å². The summed E-state index contributed by atoms with van der Waals surface area (Å²) in [4.78, 5) is 18.2. The monoisotopic (exact) mass is 224 g/mol. The number of thiazole rings is 1. The molecule has 82 valence electrons. The lowest BCUT2D eigenvalue weighted by Gasteiger charge is -2.19. The number of aldehydes is 1. The maximum atomic E-state index is 10.7. The quantitative estimate of drug-likeness (QED) is 0.720. The van der Waals surface area contributed by atoms with Crippen LogP contribution >= 0.6 is 11.3 Å². The van der Waals surface area contributed by atoms with Gasteiger partial charge in [0.25, 0.3) is 0 Å². The van der Waals surface area contributed by atoms with Crippen molar-refractivity contribution >= 4 is 22.8 Å². The second-order valence-corrected chi connectivity index (χ2v) is 5.06. The third kappa shape index (κ3) is 2.37. The molecule has 4 heteroatoms. The van der Waals surface area contributed by atoms with Gasteiger partial charge in [-0.05, 0) is 32.6 Å². The van der Waals surface area contributed by atoms with Crippen LogP contribution < -0.4 is 4.90 Å². The fourth-order valence-electron chi connectivity index (χ4n) is 1.59. The van der Waals surface area contributed by atoms with Crippen molar-refractivity contribution in [2.45, 2.75) is 26.7 Å². The van der Waals surface area contributed by atoms with E-state index in [1.54, 1.807) is 0 Å². The maximum Gasteiger partial charge on any atom is 0.186 e. The highest BCUT2D eigenvalue weighted by Crippen LogP contribution is 2.33. The Morgan fingerprint density at radius 3 is 2.80 bits per heavy atom. The fraction of sp³-hybridized carbons (Fsp3) is 0.636. The molecule has 1 aliphatic rings. The summed E-state index contributed by atoms with van der Waals surface area (Å²) in [6, 6.07) is 0. The van der Waals surface area contributed by atoms with Crippen LogP contribution in [0, 0.1) is 12.8 Å². The van der Waals surface area contributed by atoms with Crippen molar-refractivity contribution in [1.29, 1.82) is 0 Å². The molecule has 0 bridgehead atoms. The van der Waals surface area contributed by atoms with E-state index in [0.29, 0.717) is 0 Å². The number of rotatable bonds is 5. The Bertz CT molecular complexity index is 357. The minimum atomic E-state index is 0.763. The Balaban J connectivity index is 2.13. The first-order valence-electron chi connectivity index (χ1n) is 5.42. The molecule has 3 nitrogen and oxygen atoms in total. The topological polar surface area (TPSA) is 33.2 Å². The van der Waals surface area contributed by atoms with Crippen LogP contribution in [0.25, 0.3) is 0 Å². The first-order chi connectivity index (χ1) is 7.24. The molecule has 1 aromatic rings. The fourth-order valence-corrected chi connectivity index (χ4v) is 2.55. The van der Waals surface area contributed by atoms with Gasteiger partial charge in [-0.3, -0.25) is 4.79 Å². The predicted octanol–water partition coefficient (Wildman–Crippen LogP) is 2.50. The summed E-state index contributed by atoms with van der Waals surface area (Å²) < 4.78 is 0. The van der Waals surface area contributed by atoms with E-state index in [1.165, 1.54) is 24.2 Å². The highest BCUT2D eigenvalue weighted by molar-refractivity contribution is 7.17. The Morgan fingerprint density at radius 1 is 1.60 bits per heavy atom. The van der Waals surface area contributed by atoms with Crippen LogP contribution in [-0.4, -0.2) is 24.4 Å². The molecule has 1 heterocycles. The van der Waals surface area contributed by atoms with Crippen LogP contribution in [0.15, 0.2) is 0 Å². The van der Waals surface area contributed by atoms with Gasteiger partial charge in [0.2, 0.25) is 0 Å². The zero-order chi connectivity index (χ0) is 10.8. The molecule has 15 heavy (non-hydrogen) atoms. The van der Waals surface area contributed by atoms with E-state index in [-0.39, 0.29) is 0 Å². The summed E-state index contributed by atoms with van der Waals surface area (Å²) in [5.41, 5.74) is 0.860. The van der Waals surface area contributed by atoms with Crippen molar-refractivity contribution in [3.05, 3.63) is 10.6 Å². The number of nitrogens with zero attached hydrogens (tertiary/aromatic N) is 2. The largest absolute Gasteiger partial charge is 0.348 e. The maximum absolute atomic E-state index is 10.7. The van der Waals surface area contributed by atoms with Gasteiger partial charge in [0.15, 0.2) is 11.4 Å². The molecule has 0 N–H and O–H groups in total. The van der Waals surface area contributed by atoms with E-state index >= 15 is 0 Å². The van der Waals surface area contributed by atoms with Gasteiger partial charge in [-0.15, -0.1) is 0 Å². The van der Waals surface area contributed by atoms with Gasteiger partial charge < -0.3 is 4.90 Å². The number of aryl methyl sites for hydroxylation is 1. The summed E-state index contributed by atoms with van der Waals surface area (Å²) in [5.74, 6) is 0.855. The average molecular weight is 224 g/mol. The molecule has 0 amide bonds. The third-order valence-electron chi connectivity index (χ3n) is 2.76. The molecule has 0 atom stereocenters. The molecule has 0 aromatic carbocycles. The summed E-state index contributed by atoms with van der Waals surface area (Å²) in [6.45, 7) is 6.11. The van der Waals surface area contributed by atoms with E-state index in [4.69, 9.17) is 0 Å². The summed E-state index contributed by atoms with van der Waals surface area (Å²) in [5, 5.41) is 1.00. The number of carbonyl (C=O) groups excluding carboxylic acids is 1. The van der Waals surface area contributed by atoms with Gasteiger partial charge in [-0.2, -0.15) is 0 Å². The SMILES string of the molecule is CCN(CC1CC1)c1nc(C)c(C=O)s1. The number of aromatic nitrogens is 1. The molecule has 0 radical (unpaired) electrons. The molecule has 1 fully saturated rings. The molecule has 2 rings (SSSR count). The zero-order valence-corrected chi connectivity index (χ0v) is 10.0. The molecular formula is C11H16N2OS. The van der Waals surface area contributed by atoms with E-state index < -0.39 is 0 Å². The van der Waals surface area contributed by atoms with Crippen molar-refractivity contribution in [2.24, 2.45) is 5.92 Å². The number of carbonyl (C=O) groups is 1. The average Bonchev–Trinajstić information content (AvgIpc) is 2.98.